The molecule has 1 saturated carbocycles. The number of carbonyl (C=O) groups is 1. The number of alkyl halides is 7. The number of benzene rings is 1. The van der Waals surface area contributed by atoms with E-state index in [2.05, 4.69) is 14.7 Å². The van der Waals surface area contributed by atoms with Gasteiger partial charge in [0.2, 0.25) is 5.82 Å². The summed E-state index contributed by atoms with van der Waals surface area (Å²) in [6, 6.07) is 2.65. The van der Waals surface area contributed by atoms with Gasteiger partial charge < -0.3 is 4.52 Å². The summed E-state index contributed by atoms with van der Waals surface area (Å²) in [5.41, 5.74) is -0.726. The summed E-state index contributed by atoms with van der Waals surface area (Å²) in [5, 5.41) is 3.06. The molecule has 1 aliphatic rings. The number of hydrogen-bond acceptors (Lipinski definition) is 4. The number of carbonyl (C=O) groups excluding carboxylic acids is 1. The molecule has 1 aromatic heterocycles. The first-order valence-electron chi connectivity index (χ1n) is 7.82. The molecule has 0 spiro atoms. The predicted molar refractivity (Wildman–Crippen MR) is 76.3 cm³/mol. The molecule has 1 aromatic carbocycles. The van der Waals surface area contributed by atoms with Crippen LogP contribution in [-0.4, -0.2) is 27.8 Å². The van der Waals surface area contributed by atoms with Crippen LogP contribution in [0.5, 0.6) is 0 Å². The molecule has 0 amide bonds. The van der Waals surface area contributed by atoms with Gasteiger partial charge in [0.05, 0.1) is 5.56 Å². The Morgan fingerprint density at radius 1 is 1.21 bits per heavy atom. The van der Waals surface area contributed by atoms with E-state index < -0.39 is 72.1 Å². The number of ketones is 1. The van der Waals surface area contributed by atoms with Crippen LogP contribution in [0.2, 0.25) is 0 Å². The summed E-state index contributed by atoms with van der Waals surface area (Å²) >= 11 is 0. The largest absolute Gasteiger partial charge is 0.471 e. The second-order valence-corrected chi connectivity index (χ2v) is 6.31. The van der Waals surface area contributed by atoms with Crippen LogP contribution in [0.4, 0.5) is 35.1 Å². The van der Waals surface area contributed by atoms with Crippen LogP contribution < -0.4 is 0 Å². The Morgan fingerprint density at radius 2 is 1.89 bits per heavy atom. The van der Waals surface area contributed by atoms with Gasteiger partial charge in [0.25, 0.3) is 0 Å². The molecule has 0 saturated heterocycles. The Kier molecular flexibility index (Phi) is 4.71. The van der Waals surface area contributed by atoms with E-state index in [0.29, 0.717) is 6.07 Å². The molecule has 1 heterocycles. The average Bonchev–Trinajstić information content (AvgIpc) is 3.08. The average molecular weight is 414 g/mol. The number of nitrogens with zero attached hydrogens (tertiary/aromatic N) is 2. The summed E-state index contributed by atoms with van der Waals surface area (Å²) in [6.45, 7) is 0. The van der Waals surface area contributed by atoms with E-state index in [1.54, 1.807) is 0 Å². The van der Waals surface area contributed by atoms with Crippen molar-refractivity contribution in [2.24, 2.45) is 5.92 Å². The van der Waals surface area contributed by atoms with Crippen LogP contribution in [0.25, 0.3) is 11.4 Å². The van der Waals surface area contributed by atoms with Crippen molar-refractivity contribution in [3.63, 3.8) is 0 Å². The lowest BCUT2D eigenvalue weighted by atomic mass is 9.74. The van der Waals surface area contributed by atoms with E-state index in [4.69, 9.17) is 0 Å². The highest BCUT2D eigenvalue weighted by molar-refractivity contribution is 5.96. The number of halogens is 8. The van der Waals surface area contributed by atoms with Crippen molar-refractivity contribution in [1.29, 1.82) is 0 Å². The molecule has 1 atom stereocenters. The van der Waals surface area contributed by atoms with Crippen LogP contribution in [0.3, 0.4) is 0 Å². The topological polar surface area (TPSA) is 56.0 Å². The van der Waals surface area contributed by atoms with Crippen molar-refractivity contribution in [2.45, 2.75) is 37.3 Å². The molecule has 152 valence electrons. The van der Waals surface area contributed by atoms with Gasteiger partial charge in [-0.15, -0.1) is 0 Å². The molecule has 3 rings (SSSR count). The maximum absolute atomic E-state index is 14.1. The maximum atomic E-state index is 14.1. The molecule has 1 unspecified atom stereocenters. The van der Waals surface area contributed by atoms with E-state index >= 15 is 0 Å². The highest BCUT2D eigenvalue weighted by atomic mass is 19.4. The molecule has 0 N–H and O–H groups in total. The smallest absolute Gasteiger partial charge is 0.329 e. The number of aromatic nitrogens is 2. The summed E-state index contributed by atoms with van der Waals surface area (Å²) < 4.78 is 107. The third-order valence-corrected chi connectivity index (χ3v) is 4.42. The van der Waals surface area contributed by atoms with Crippen molar-refractivity contribution < 1.29 is 44.4 Å². The third kappa shape index (κ3) is 3.47. The zero-order valence-corrected chi connectivity index (χ0v) is 13.7. The molecular formula is C16H10F8N2O2. The Bertz CT molecular complexity index is 906. The Morgan fingerprint density at radius 3 is 2.39 bits per heavy atom. The van der Waals surface area contributed by atoms with Gasteiger partial charge in [0.15, 0.2) is 5.78 Å². The fourth-order valence-corrected chi connectivity index (χ4v) is 2.80. The number of Topliss-reactive ketones (excluding diaryl/α,β-unsaturated/α-hetero) is 1. The normalized spacial score (nSPS) is 20.6. The van der Waals surface area contributed by atoms with E-state index in [1.807, 2.05) is 0 Å². The molecular weight excluding hydrogens is 404 g/mol. The monoisotopic (exact) mass is 414 g/mol. The van der Waals surface area contributed by atoms with Gasteiger partial charge in [-0.2, -0.15) is 35.7 Å². The minimum atomic E-state index is -4.89. The van der Waals surface area contributed by atoms with Crippen molar-refractivity contribution in [2.75, 3.05) is 0 Å². The van der Waals surface area contributed by atoms with Gasteiger partial charge in [0, 0.05) is 24.3 Å². The molecule has 0 bridgehead atoms. The van der Waals surface area contributed by atoms with Crippen molar-refractivity contribution in [1.82, 2.24) is 10.1 Å². The summed E-state index contributed by atoms with van der Waals surface area (Å²) in [7, 11) is 0. The SMILES string of the molecule is O=C(CCC1CC(F)(F)C1(F)F)c1ccc(-c2noc(C(F)(F)F)n2)cc1F. The summed E-state index contributed by atoms with van der Waals surface area (Å²) in [6.07, 6.45) is -7.09. The highest BCUT2D eigenvalue weighted by Crippen LogP contribution is 2.56. The lowest BCUT2D eigenvalue weighted by molar-refractivity contribution is -0.314. The van der Waals surface area contributed by atoms with Gasteiger partial charge in [-0.3, -0.25) is 4.79 Å². The minimum Gasteiger partial charge on any atom is -0.329 e. The number of hydrogen-bond donors (Lipinski definition) is 0. The lowest BCUT2D eigenvalue weighted by Gasteiger charge is -2.43. The summed E-state index contributed by atoms with van der Waals surface area (Å²) in [4.78, 5) is 15.1. The molecule has 2 aromatic rings. The van der Waals surface area contributed by atoms with Gasteiger partial charge in [-0.25, -0.2) is 4.39 Å². The van der Waals surface area contributed by atoms with Crippen LogP contribution in [0.15, 0.2) is 22.7 Å². The molecule has 4 nitrogen and oxygen atoms in total. The Hall–Kier alpha value is -2.53. The zero-order chi connectivity index (χ0) is 20.9. The fraction of sp³-hybridized carbons (Fsp3) is 0.438. The first-order valence-corrected chi connectivity index (χ1v) is 7.82. The fourth-order valence-electron chi connectivity index (χ4n) is 2.80. The third-order valence-electron chi connectivity index (χ3n) is 4.42. The van der Waals surface area contributed by atoms with E-state index in [0.717, 1.165) is 12.1 Å². The summed E-state index contributed by atoms with van der Waals surface area (Å²) in [5.74, 6) is -14.3. The van der Waals surface area contributed by atoms with Gasteiger partial charge in [-0.1, -0.05) is 11.2 Å². The molecule has 28 heavy (non-hydrogen) atoms. The Labute approximate surface area is 151 Å². The second kappa shape index (κ2) is 6.52. The lowest BCUT2D eigenvalue weighted by Crippen LogP contribution is -2.58. The van der Waals surface area contributed by atoms with E-state index in [-0.39, 0.29) is 5.56 Å². The minimum absolute atomic E-state index is 0.210. The van der Waals surface area contributed by atoms with Crippen molar-refractivity contribution >= 4 is 5.78 Å². The molecule has 0 radical (unpaired) electrons. The van der Waals surface area contributed by atoms with Crippen LogP contribution in [0.1, 0.15) is 35.5 Å². The van der Waals surface area contributed by atoms with Crippen LogP contribution in [0, 0.1) is 11.7 Å². The Balaban J connectivity index is 1.69. The molecule has 1 aliphatic carbocycles. The van der Waals surface area contributed by atoms with E-state index in [1.165, 1.54) is 0 Å². The van der Waals surface area contributed by atoms with E-state index in [9.17, 15) is 39.9 Å². The zero-order valence-electron chi connectivity index (χ0n) is 13.7. The van der Waals surface area contributed by atoms with Crippen LogP contribution >= 0.6 is 0 Å². The quantitative estimate of drug-likeness (QED) is 0.502. The molecule has 1 fully saturated rings. The van der Waals surface area contributed by atoms with Crippen molar-refractivity contribution in [3.8, 4) is 11.4 Å². The molecule has 12 heteroatoms. The maximum Gasteiger partial charge on any atom is 0.471 e. The highest BCUT2D eigenvalue weighted by Gasteiger charge is 2.70. The first-order chi connectivity index (χ1) is 12.8. The number of rotatable bonds is 5. The van der Waals surface area contributed by atoms with Crippen molar-refractivity contribution in [3.05, 3.63) is 35.5 Å². The van der Waals surface area contributed by atoms with Gasteiger partial charge >= 0.3 is 23.9 Å². The van der Waals surface area contributed by atoms with Gasteiger partial charge in [-0.05, 0) is 18.6 Å². The predicted octanol–water partition coefficient (Wildman–Crippen LogP) is 5.15. The second-order valence-electron chi connectivity index (χ2n) is 6.31. The standard InChI is InChI=1S/C16H10F8N2O2/c17-10-5-7(12-25-13(28-26-12)16(22,23)24)1-3-9(10)11(27)4-2-8-6-14(18,19)15(8,20)21/h1,3,5,8H,2,4,6H2. The first kappa shape index (κ1) is 20.2. The van der Waals surface area contributed by atoms with Gasteiger partial charge in [0.1, 0.15) is 5.82 Å². The molecule has 0 aliphatic heterocycles. The van der Waals surface area contributed by atoms with Crippen LogP contribution in [-0.2, 0) is 6.18 Å².